The average molecular weight is 260 g/mol. The van der Waals surface area contributed by atoms with Gasteiger partial charge in [-0.25, -0.2) is 0 Å². The third kappa shape index (κ3) is 3.95. The summed E-state index contributed by atoms with van der Waals surface area (Å²) >= 11 is 0. The molecule has 0 saturated carbocycles. The van der Waals surface area contributed by atoms with E-state index in [0.29, 0.717) is 5.92 Å². The Morgan fingerprint density at radius 1 is 1.33 bits per heavy atom. The first-order chi connectivity index (χ1) is 8.60. The molecule has 0 bridgehead atoms. The smallest absolute Gasteiger partial charge is 0.249 e. The van der Waals surface area contributed by atoms with Gasteiger partial charge in [0.05, 0.1) is 17.7 Å². The number of nitrogens with zero attached hydrogens (tertiary/aromatic N) is 1. The molecule has 0 N–H and O–H groups in total. The minimum absolute atomic E-state index is 0.0941. The molecule has 0 aromatic heterocycles. The second kappa shape index (κ2) is 7.32. The largest absolute Gasteiger partial charge is 0.397 e. The molecule has 0 aliphatic rings. The molecule has 95 valence electrons. The molecule has 3 nitrogen and oxygen atoms in total. The summed E-state index contributed by atoms with van der Waals surface area (Å²) in [5.41, 5.74) is 2.87. The molecule has 4 heteroatoms. The highest BCUT2D eigenvalue weighted by molar-refractivity contribution is 5.97. The number of rotatable bonds is 6. The van der Waals surface area contributed by atoms with E-state index in [4.69, 9.17) is 9.16 Å². The molecular weight excluding hydrogens is 242 g/mol. The van der Waals surface area contributed by atoms with E-state index in [1.54, 1.807) is 0 Å². The van der Waals surface area contributed by atoms with Gasteiger partial charge in [-0.1, -0.05) is 26.0 Å². The molecule has 1 atom stereocenters. The molecule has 1 aromatic rings. The molecule has 1 unspecified atom stereocenters. The molecule has 0 aliphatic heterocycles. The van der Waals surface area contributed by atoms with E-state index in [0.717, 1.165) is 23.1 Å². The van der Waals surface area contributed by atoms with Crippen LogP contribution in [0.25, 0.3) is 0 Å². The Bertz CT molecular complexity index is 426. The molecule has 0 fully saturated rings. The normalized spacial score (nSPS) is 12.4. The van der Waals surface area contributed by atoms with Crippen LogP contribution in [0.1, 0.15) is 43.6 Å². The molecule has 0 saturated heterocycles. The highest BCUT2D eigenvalue weighted by Gasteiger charge is 2.15. The molecule has 0 amide bonds. The maximum Gasteiger partial charge on any atom is 0.249 e. The van der Waals surface area contributed by atoms with Gasteiger partial charge in [0.1, 0.15) is 6.79 Å². The Balaban J connectivity index is 3.05. The van der Waals surface area contributed by atoms with Crippen molar-refractivity contribution in [3.05, 3.63) is 34.9 Å². The van der Waals surface area contributed by atoms with Crippen molar-refractivity contribution in [3.8, 4) is 6.07 Å². The zero-order valence-electron chi connectivity index (χ0n) is 11.1. The van der Waals surface area contributed by atoms with Gasteiger partial charge < -0.3 is 9.16 Å². The van der Waals surface area contributed by atoms with E-state index in [9.17, 15) is 5.26 Å². The van der Waals surface area contributed by atoms with Crippen molar-refractivity contribution in [1.29, 1.82) is 5.26 Å². The lowest BCUT2D eigenvalue weighted by Crippen LogP contribution is -2.09. The Kier molecular flexibility index (Phi) is 6.06. The quantitative estimate of drug-likeness (QED) is 0.583. The predicted octanol–water partition coefficient (Wildman–Crippen LogP) is 2.89. The highest BCUT2D eigenvalue weighted by atomic mass is 28.2. The molecule has 18 heavy (non-hydrogen) atoms. The fourth-order valence-corrected chi connectivity index (χ4v) is 2.02. The van der Waals surface area contributed by atoms with Crippen molar-refractivity contribution >= 4 is 10.5 Å². The second-order valence-corrected chi connectivity index (χ2v) is 4.94. The van der Waals surface area contributed by atoms with Crippen LogP contribution >= 0.6 is 0 Å². The van der Waals surface area contributed by atoms with Crippen molar-refractivity contribution in [1.82, 2.24) is 0 Å². The minimum atomic E-state index is -0.0941. The number of ether oxygens (including phenoxy) is 1. The molecule has 3 radical (unpaired) electrons. The lowest BCUT2D eigenvalue weighted by Gasteiger charge is -2.19. The fourth-order valence-electron chi connectivity index (χ4n) is 1.95. The van der Waals surface area contributed by atoms with E-state index in [-0.39, 0.29) is 12.9 Å². The Morgan fingerprint density at radius 2 is 2.06 bits per heavy atom. The van der Waals surface area contributed by atoms with Crippen LogP contribution in [0.3, 0.4) is 0 Å². The fraction of sp³-hybridized carbons (Fsp3) is 0.500. The summed E-state index contributed by atoms with van der Waals surface area (Å²) in [5, 5.41) is 9.19. The van der Waals surface area contributed by atoms with Gasteiger partial charge in [-0.05, 0) is 36.5 Å². The van der Waals surface area contributed by atoms with Crippen LogP contribution < -0.4 is 0 Å². The minimum Gasteiger partial charge on any atom is -0.397 e. The summed E-state index contributed by atoms with van der Waals surface area (Å²) in [6.07, 6.45) is 0.782. The lowest BCUT2D eigenvalue weighted by atomic mass is 9.91. The van der Waals surface area contributed by atoms with Crippen molar-refractivity contribution in [2.75, 3.05) is 6.79 Å². The molecule has 0 heterocycles. The van der Waals surface area contributed by atoms with E-state index >= 15 is 0 Å². The predicted molar refractivity (Wildman–Crippen MR) is 70.9 cm³/mol. The summed E-state index contributed by atoms with van der Waals surface area (Å²) in [4.78, 5) is 0. The first-order valence-corrected chi connectivity index (χ1v) is 6.43. The van der Waals surface area contributed by atoms with Gasteiger partial charge >= 0.3 is 0 Å². The van der Waals surface area contributed by atoms with Gasteiger partial charge in [-0.3, -0.25) is 0 Å². The Morgan fingerprint density at radius 3 is 2.61 bits per heavy atom. The van der Waals surface area contributed by atoms with Gasteiger partial charge in [-0.15, -0.1) is 0 Å². The van der Waals surface area contributed by atoms with Gasteiger partial charge in [0, 0.05) is 0 Å². The lowest BCUT2D eigenvalue weighted by molar-refractivity contribution is -0.0262. The van der Waals surface area contributed by atoms with Crippen LogP contribution in [0.2, 0.25) is 0 Å². The molecule has 0 spiro atoms. The zero-order chi connectivity index (χ0) is 13.5. The maximum absolute atomic E-state index is 9.19. The second-order valence-electron chi connectivity index (χ2n) is 4.65. The summed E-state index contributed by atoms with van der Waals surface area (Å²) in [7, 11) is 2.91. The Labute approximate surface area is 112 Å². The third-order valence-corrected chi connectivity index (χ3v) is 2.88. The van der Waals surface area contributed by atoms with Gasteiger partial charge in [0.2, 0.25) is 10.5 Å². The summed E-state index contributed by atoms with van der Waals surface area (Å²) in [6.45, 7) is 6.43. The summed E-state index contributed by atoms with van der Waals surface area (Å²) < 4.78 is 10.2. The highest BCUT2D eigenvalue weighted by Crippen LogP contribution is 2.26. The van der Waals surface area contributed by atoms with Gasteiger partial charge in [0.15, 0.2) is 0 Å². The monoisotopic (exact) mass is 260 g/mol. The SMILES string of the molecule is CC(C)Cc1c(C#N)cccc1C(C)OCO[Si]. The van der Waals surface area contributed by atoms with Crippen LogP contribution in [-0.4, -0.2) is 17.3 Å². The van der Waals surface area contributed by atoms with E-state index < -0.39 is 0 Å². The van der Waals surface area contributed by atoms with Crippen LogP contribution in [0.15, 0.2) is 18.2 Å². The maximum atomic E-state index is 9.19. The van der Waals surface area contributed by atoms with Crippen molar-refractivity contribution in [2.24, 2.45) is 5.92 Å². The number of benzene rings is 1. The summed E-state index contributed by atoms with van der Waals surface area (Å²) in [6, 6.07) is 8.02. The number of hydrogen-bond acceptors (Lipinski definition) is 3. The zero-order valence-corrected chi connectivity index (χ0v) is 12.1. The van der Waals surface area contributed by atoms with Crippen LogP contribution in [0, 0.1) is 17.2 Å². The molecular formula is C14H18NO2Si. The van der Waals surface area contributed by atoms with Crippen LogP contribution in [0.4, 0.5) is 0 Å². The average Bonchev–Trinajstić information content (AvgIpc) is 2.35. The number of hydrogen-bond donors (Lipinski definition) is 0. The van der Waals surface area contributed by atoms with Crippen molar-refractivity contribution in [2.45, 2.75) is 33.3 Å². The number of nitriles is 1. The van der Waals surface area contributed by atoms with Gasteiger partial charge in [-0.2, -0.15) is 5.26 Å². The molecule has 1 rings (SSSR count). The van der Waals surface area contributed by atoms with Crippen molar-refractivity contribution in [3.63, 3.8) is 0 Å². The first kappa shape index (κ1) is 14.9. The molecule has 1 aromatic carbocycles. The Hall–Kier alpha value is -1.15. The topological polar surface area (TPSA) is 42.2 Å². The standard InChI is InChI=1S/C14H18NO2Si/c1-10(2)7-14-12(8-15)5-4-6-13(14)11(3)16-9-17-18/h4-6,10-11H,7,9H2,1-3H3. The molecule has 0 aliphatic carbocycles. The van der Waals surface area contributed by atoms with E-state index in [1.165, 1.54) is 0 Å². The summed E-state index contributed by atoms with van der Waals surface area (Å²) in [5.74, 6) is 0.498. The van der Waals surface area contributed by atoms with E-state index in [1.807, 2.05) is 25.1 Å². The third-order valence-electron chi connectivity index (χ3n) is 2.76. The van der Waals surface area contributed by atoms with Crippen molar-refractivity contribution < 1.29 is 9.16 Å². The van der Waals surface area contributed by atoms with Crippen LogP contribution in [-0.2, 0) is 15.6 Å². The van der Waals surface area contributed by atoms with Crippen LogP contribution in [0.5, 0.6) is 0 Å². The van der Waals surface area contributed by atoms with Gasteiger partial charge in [0.25, 0.3) is 0 Å². The first-order valence-electron chi connectivity index (χ1n) is 6.02. The van der Waals surface area contributed by atoms with E-state index in [2.05, 4.69) is 30.4 Å².